The molecule has 0 atom stereocenters. The van der Waals surface area contributed by atoms with Gasteiger partial charge in [0.15, 0.2) is 5.82 Å². The van der Waals surface area contributed by atoms with Crippen LogP contribution in [0, 0.1) is 0 Å². The van der Waals surface area contributed by atoms with Crippen molar-refractivity contribution in [2.45, 2.75) is 37.6 Å². The first-order chi connectivity index (χ1) is 9.58. The van der Waals surface area contributed by atoms with Crippen LogP contribution in [0.4, 0.5) is 0 Å². The highest BCUT2D eigenvalue weighted by Gasteiger charge is 2.34. The van der Waals surface area contributed by atoms with Gasteiger partial charge in [0.2, 0.25) is 0 Å². The summed E-state index contributed by atoms with van der Waals surface area (Å²) in [7, 11) is 1.70. The summed E-state index contributed by atoms with van der Waals surface area (Å²) < 4.78 is 6.77. The van der Waals surface area contributed by atoms with Gasteiger partial charge < -0.3 is 14.8 Å². The lowest BCUT2D eigenvalue weighted by molar-refractivity contribution is 0.275. The van der Waals surface area contributed by atoms with Crippen molar-refractivity contribution in [2.75, 3.05) is 0 Å². The second-order valence-corrected chi connectivity index (χ2v) is 5.50. The molecule has 1 fully saturated rings. The minimum Gasteiger partial charge on any atom is -0.334 e. The van der Waals surface area contributed by atoms with Crippen LogP contribution in [-0.2, 0) is 12.6 Å². The van der Waals surface area contributed by atoms with Gasteiger partial charge in [-0.15, -0.1) is 0 Å². The van der Waals surface area contributed by atoms with Gasteiger partial charge in [-0.3, -0.25) is 4.79 Å². The summed E-state index contributed by atoms with van der Waals surface area (Å²) in [5, 5.41) is 4.02. The normalized spacial score (nSPS) is 18.1. The van der Waals surface area contributed by atoms with Crippen molar-refractivity contribution < 1.29 is 4.52 Å². The highest BCUT2D eigenvalue weighted by Crippen LogP contribution is 2.33. The Balaban J connectivity index is 1.93. The fourth-order valence-electron chi connectivity index (χ4n) is 2.63. The molecule has 2 aromatic rings. The van der Waals surface area contributed by atoms with Gasteiger partial charge in [-0.1, -0.05) is 24.4 Å². The third-order valence-electron chi connectivity index (χ3n) is 3.97. The quantitative estimate of drug-likeness (QED) is 0.897. The van der Waals surface area contributed by atoms with Crippen LogP contribution >= 0.6 is 0 Å². The van der Waals surface area contributed by atoms with E-state index in [1.165, 1.54) is 17.1 Å². The average molecular weight is 274 g/mol. The molecule has 0 saturated heterocycles. The molecule has 3 rings (SSSR count). The zero-order valence-electron chi connectivity index (χ0n) is 11.5. The third kappa shape index (κ3) is 2.27. The van der Waals surface area contributed by atoms with E-state index < -0.39 is 5.54 Å². The van der Waals surface area contributed by atoms with E-state index in [9.17, 15) is 4.79 Å². The Bertz CT molecular complexity index is 668. The Hall–Kier alpha value is -1.95. The Kier molecular flexibility index (Phi) is 3.17. The number of aryl methyl sites for hydroxylation is 1. The van der Waals surface area contributed by atoms with Gasteiger partial charge in [-0.25, -0.2) is 0 Å². The van der Waals surface area contributed by atoms with Crippen molar-refractivity contribution >= 4 is 0 Å². The van der Waals surface area contributed by atoms with E-state index in [4.69, 9.17) is 10.3 Å². The zero-order valence-corrected chi connectivity index (χ0v) is 11.5. The molecule has 1 saturated carbocycles. The van der Waals surface area contributed by atoms with Crippen LogP contribution in [0.25, 0.3) is 11.5 Å². The number of rotatable bonds is 2. The van der Waals surface area contributed by atoms with Gasteiger partial charge in [-0.05, 0) is 18.9 Å². The molecule has 1 aliphatic carbocycles. The fourth-order valence-corrected chi connectivity index (χ4v) is 2.63. The number of pyridine rings is 1. The molecule has 20 heavy (non-hydrogen) atoms. The predicted octanol–water partition coefficient (Wildman–Crippen LogP) is 1.55. The summed E-state index contributed by atoms with van der Waals surface area (Å²) in [6.07, 6.45) is 6.82. The molecule has 106 valence electrons. The Morgan fingerprint density at radius 2 is 2.10 bits per heavy atom. The third-order valence-corrected chi connectivity index (χ3v) is 3.97. The summed E-state index contributed by atoms with van der Waals surface area (Å²) >= 11 is 0. The number of nitrogens with two attached hydrogens (primary N) is 1. The molecule has 0 aliphatic heterocycles. The Labute approximate surface area is 116 Å². The molecule has 6 heteroatoms. The molecule has 0 spiro atoms. The molecule has 1 aliphatic rings. The van der Waals surface area contributed by atoms with Gasteiger partial charge in [0.1, 0.15) is 0 Å². The highest BCUT2D eigenvalue weighted by atomic mass is 16.5. The van der Waals surface area contributed by atoms with E-state index >= 15 is 0 Å². The molecule has 0 bridgehead atoms. The number of nitrogens with zero attached hydrogens (tertiary/aromatic N) is 3. The maximum atomic E-state index is 11.6. The van der Waals surface area contributed by atoms with E-state index in [0.29, 0.717) is 17.3 Å². The van der Waals surface area contributed by atoms with E-state index in [-0.39, 0.29) is 5.56 Å². The SMILES string of the molecule is Cn1ccc(-c2nc(C3(N)CCCCC3)no2)cc1=O. The van der Waals surface area contributed by atoms with Crippen LogP contribution in [-0.4, -0.2) is 14.7 Å². The van der Waals surface area contributed by atoms with E-state index in [1.807, 2.05) is 0 Å². The largest absolute Gasteiger partial charge is 0.334 e. The topological polar surface area (TPSA) is 86.9 Å². The van der Waals surface area contributed by atoms with Crippen molar-refractivity contribution in [3.8, 4) is 11.5 Å². The summed E-state index contributed by atoms with van der Waals surface area (Å²) in [5.74, 6) is 0.904. The molecule has 0 radical (unpaired) electrons. The summed E-state index contributed by atoms with van der Waals surface area (Å²) in [6.45, 7) is 0. The maximum Gasteiger partial charge on any atom is 0.258 e. The predicted molar refractivity (Wildman–Crippen MR) is 73.9 cm³/mol. The van der Waals surface area contributed by atoms with Gasteiger partial charge in [0, 0.05) is 24.9 Å². The molecule has 2 heterocycles. The van der Waals surface area contributed by atoms with E-state index in [2.05, 4.69) is 10.1 Å². The molecule has 2 N–H and O–H groups in total. The van der Waals surface area contributed by atoms with E-state index in [0.717, 1.165) is 25.7 Å². The van der Waals surface area contributed by atoms with Crippen molar-refractivity contribution in [1.29, 1.82) is 0 Å². The molecular formula is C14H18N4O2. The van der Waals surface area contributed by atoms with Crippen LogP contribution in [0.1, 0.15) is 37.9 Å². The first-order valence-electron chi connectivity index (χ1n) is 6.89. The van der Waals surface area contributed by atoms with Gasteiger partial charge in [0.25, 0.3) is 11.4 Å². The van der Waals surface area contributed by atoms with E-state index in [1.54, 1.807) is 19.3 Å². The summed E-state index contributed by atoms with van der Waals surface area (Å²) in [6, 6.07) is 3.27. The monoisotopic (exact) mass is 274 g/mol. The lowest BCUT2D eigenvalue weighted by Gasteiger charge is -2.29. The van der Waals surface area contributed by atoms with Crippen molar-refractivity contribution in [3.05, 3.63) is 34.5 Å². The first-order valence-corrected chi connectivity index (χ1v) is 6.89. The Morgan fingerprint density at radius 1 is 1.35 bits per heavy atom. The number of aromatic nitrogens is 3. The second-order valence-electron chi connectivity index (χ2n) is 5.50. The Morgan fingerprint density at radius 3 is 2.80 bits per heavy atom. The first kappa shape index (κ1) is 13.1. The molecule has 2 aromatic heterocycles. The summed E-state index contributed by atoms with van der Waals surface area (Å²) in [4.78, 5) is 16.0. The highest BCUT2D eigenvalue weighted by molar-refractivity contribution is 5.51. The van der Waals surface area contributed by atoms with Gasteiger partial charge in [0.05, 0.1) is 5.54 Å². The van der Waals surface area contributed by atoms with Crippen LogP contribution in [0.3, 0.4) is 0 Å². The number of hydrogen-bond donors (Lipinski definition) is 1. The maximum absolute atomic E-state index is 11.6. The molecule has 0 aromatic carbocycles. The molecule has 0 amide bonds. The fraction of sp³-hybridized carbons (Fsp3) is 0.500. The zero-order chi connectivity index (χ0) is 14.2. The van der Waals surface area contributed by atoms with Crippen molar-refractivity contribution in [2.24, 2.45) is 12.8 Å². The lowest BCUT2D eigenvalue weighted by atomic mass is 9.82. The molecular weight excluding hydrogens is 256 g/mol. The standard InChI is InChI=1S/C14H18N4O2/c1-18-8-5-10(9-11(18)19)12-16-13(17-20-12)14(15)6-3-2-4-7-14/h5,8-9H,2-4,6-7,15H2,1H3. The molecule has 0 unspecified atom stereocenters. The molecule has 6 nitrogen and oxygen atoms in total. The van der Waals surface area contributed by atoms with Crippen molar-refractivity contribution in [3.63, 3.8) is 0 Å². The second kappa shape index (κ2) is 4.86. The van der Waals surface area contributed by atoms with Crippen LogP contribution in [0.5, 0.6) is 0 Å². The van der Waals surface area contributed by atoms with Crippen LogP contribution < -0.4 is 11.3 Å². The lowest BCUT2D eigenvalue weighted by Crippen LogP contribution is -2.39. The minimum absolute atomic E-state index is 0.109. The van der Waals surface area contributed by atoms with Crippen LogP contribution in [0.2, 0.25) is 0 Å². The van der Waals surface area contributed by atoms with Gasteiger partial charge >= 0.3 is 0 Å². The minimum atomic E-state index is -0.486. The smallest absolute Gasteiger partial charge is 0.258 e. The average Bonchev–Trinajstić information content (AvgIpc) is 2.93. The van der Waals surface area contributed by atoms with Crippen LogP contribution in [0.15, 0.2) is 27.6 Å². The van der Waals surface area contributed by atoms with Gasteiger partial charge in [-0.2, -0.15) is 4.98 Å². The number of hydrogen-bond acceptors (Lipinski definition) is 5. The van der Waals surface area contributed by atoms with Crippen molar-refractivity contribution in [1.82, 2.24) is 14.7 Å². The summed E-state index contributed by atoms with van der Waals surface area (Å²) in [5.41, 5.74) is 6.41.